The summed E-state index contributed by atoms with van der Waals surface area (Å²) >= 11 is 0. The van der Waals surface area contributed by atoms with Gasteiger partial charge in [0, 0.05) is 18.2 Å². The van der Waals surface area contributed by atoms with E-state index in [0.29, 0.717) is 18.6 Å². The standard InChI is InChI=1S/C26H31NO7/c1-16(2)33-20-11-9-19(10-12-20)14-18(4)24(29)23-21(28)15-22(34-25(23)30)17(3)8-6-7-13-27-26(31)32-5/h7,9-17,28H,6,8H2,1-5H3,(H,27,31)/b13-7+,18-14+. The van der Waals surface area contributed by atoms with Crippen molar-refractivity contribution in [2.75, 3.05) is 7.11 Å². The van der Waals surface area contributed by atoms with Crippen LogP contribution in [0.3, 0.4) is 0 Å². The fourth-order valence-corrected chi connectivity index (χ4v) is 3.14. The normalized spacial score (nSPS) is 12.6. The average molecular weight is 470 g/mol. The van der Waals surface area contributed by atoms with Crippen LogP contribution < -0.4 is 15.7 Å². The van der Waals surface area contributed by atoms with Gasteiger partial charge in [-0.1, -0.05) is 25.1 Å². The molecule has 0 radical (unpaired) electrons. The molecule has 0 aliphatic rings. The molecule has 8 heteroatoms. The summed E-state index contributed by atoms with van der Waals surface area (Å²) in [5.41, 5.74) is -0.246. The van der Waals surface area contributed by atoms with Crippen molar-refractivity contribution in [2.45, 2.75) is 52.6 Å². The zero-order valence-electron chi connectivity index (χ0n) is 20.1. The van der Waals surface area contributed by atoms with Gasteiger partial charge in [0.25, 0.3) is 0 Å². The maximum atomic E-state index is 12.8. The fourth-order valence-electron chi connectivity index (χ4n) is 3.14. The van der Waals surface area contributed by atoms with Gasteiger partial charge in [-0.2, -0.15) is 0 Å². The van der Waals surface area contributed by atoms with Crippen LogP contribution in [-0.2, 0) is 4.74 Å². The van der Waals surface area contributed by atoms with Crippen molar-refractivity contribution < 1.29 is 28.6 Å². The number of hydrogen-bond acceptors (Lipinski definition) is 7. The largest absolute Gasteiger partial charge is 0.507 e. The number of allylic oxidation sites excluding steroid dienone is 2. The third kappa shape index (κ3) is 7.65. The molecule has 1 atom stereocenters. The number of alkyl carbamates (subject to hydrolysis) is 1. The summed E-state index contributed by atoms with van der Waals surface area (Å²) in [6.07, 6.45) is 5.49. The zero-order valence-corrected chi connectivity index (χ0v) is 20.1. The van der Waals surface area contributed by atoms with Gasteiger partial charge in [0.1, 0.15) is 22.8 Å². The number of methoxy groups -OCH3 is 1. The van der Waals surface area contributed by atoms with Crippen LogP contribution in [-0.4, -0.2) is 30.2 Å². The minimum atomic E-state index is -0.886. The number of ether oxygens (including phenoxy) is 2. The SMILES string of the molecule is COC(=O)N/C=C/CCC(C)c1cc(O)c(C(=O)/C(C)=C/c2ccc(OC(C)C)cc2)c(=O)o1. The first kappa shape index (κ1) is 26.4. The van der Waals surface area contributed by atoms with Crippen molar-refractivity contribution in [3.05, 3.63) is 75.5 Å². The number of ketones is 1. The number of hydrogen-bond donors (Lipinski definition) is 2. The predicted octanol–water partition coefficient (Wildman–Crippen LogP) is 5.17. The number of amides is 1. The Kier molecular flexibility index (Phi) is 9.67. The van der Waals surface area contributed by atoms with Gasteiger partial charge in [-0.05, 0) is 63.0 Å². The van der Waals surface area contributed by atoms with Gasteiger partial charge in [0.2, 0.25) is 0 Å². The topological polar surface area (TPSA) is 115 Å². The molecule has 182 valence electrons. The summed E-state index contributed by atoms with van der Waals surface area (Å²) in [7, 11) is 1.27. The highest BCUT2D eigenvalue weighted by molar-refractivity contribution is 6.12. The molecule has 1 heterocycles. The maximum absolute atomic E-state index is 12.8. The highest BCUT2D eigenvalue weighted by Gasteiger charge is 2.22. The monoisotopic (exact) mass is 469 g/mol. The molecule has 1 aromatic carbocycles. The van der Waals surface area contributed by atoms with E-state index in [1.807, 2.05) is 20.8 Å². The third-order valence-corrected chi connectivity index (χ3v) is 4.93. The predicted molar refractivity (Wildman–Crippen MR) is 129 cm³/mol. The lowest BCUT2D eigenvalue weighted by molar-refractivity contribution is 0.102. The quantitative estimate of drug-likeness (QED) is 0.364. The van der Waals surface area contributed by atoms with Crippen molar-refractivity contribution in [1.29, 1.82) is 0 Å². The first-order valence-corrected chi connectivity index (χ1v) is 11.0. The molecule has 0 aliphatic carbocycles. The Morgan fingerprint density at radius 2 is 1.85 bits per heavy atom. The van der Waals surface area contributed by atoms with Crippen molar-refractivity contribution in [3.63, 3.8) is 0 Å². The number of nitrogens with one attached hydrogen (secondary N) is 1. The lowest BCUT2D eigenvalue weighted by Gasteiger charge is -2.11. The highest BCUT2D eigenvalue weighted by Crippen LogP contribution is 2.26. The van der Waals surface area contributed by atoms with Crippen molar-refractivity contribution >= 4 is 18.0 Å². The van der Waals surface area contributed by atoms with E-state index in [0.717, 1.165) is 5.56 Å². The van der Waals surface area contributed by atoms with E-state index < -0.39 is 28.8 Å². The number of rotatable bonds is 10. The lowest BCUT2D eigenvalue weighted by Crippen LogP contribution is -2.17. The molecule has 2 aromatic rings. The molecule has 0 bridgehead atoms. The fraction of sp³-hybridized carbons (Fsp3) is 0.346. The van der Waals surface area contributed by atoms with E-state index in [1.54, 1.807) is 43.3 Å². The van der Waals surface area contributed by atoms with Crippen LogP contribution in [0.5, 0.6) is 11.5 Å². The van der Waals surface area contributed by atoms with Gasteiger partial charge in [-0.15, -0.1) is 0 Å². The summed E-state index contributed by atoms with van der Waals surface area (Å²) < 4.78 is 15.4. The zero-order chi connectivity index (χ0) is 25.3. The molecule has 8 nitrogen and oxygen atoms in total. The van der Waals surface area contributed by atoms with Gasteiger partial charge >= 0.3 is 11.7 Å². The second-order valence-corrected chi connectivity index (χ2v) is 8.11. The Balaban J connectivity index is 2.11. The van der Waals surface area contributed by atoms with Gasteiger partial charge in [0.05, 0.1) is 13.2 Å². The third-order valence-electron chi connectivity index (χ3n) is 4.93. The molecule has 1 unspecified atom stereocenters. The average Bonchev–Trinajstić information content (AvgIpc) is 2.78. The van der Waals surface area contributed by atoms with Gasteiger partial charge < -0.3 is 19.0 Å². The first-order chi connectivity index (χ1) is 16.1. The number of aromatic hydroxyl groups is 1. The Bertz CT molecular complexity index is 1110. The Morgan fingerprint density at radius 3 is 2.44 bits per heavy atom. The maximum Gasteiger partial charge on any atom is 0.410 e. The number of carbonyl (C=O) groups excluding carboxylic acids is 2. The van der Waals surface area contributed by atoms with Gasteiger partial charge in [-0.25, -0.2) is 9.59 Å². The molecular weight excluding hydrogens is 438 g/mol. The Labute approximate surface area is 198 Å². The van der Waals surface area contributed by atoms with Crippen LogP contribution in [0.25, 0.3) is 6.08 Å². The van der Waals surface area contributed by atoms with Crippen LogP contribution in [0.15, 0.2) is 57.4 Å². The van der Waals surface area contributed by atoms with E-state index in [2.05, 4.69) is 10.1 Å². The van der Waals surface area contributed by atoms with Crippen LogP contribution in [0, 0.1) is 0 Å². The molecule has 0 fully saturated rings. The summed E-state index contributed by atoms with van der Waals surface area (Å²) in [4.78, 5) is 36.4. The molecule has 2 N–H and O–H groups in total. The minimum absolute atomic E-state index is 0.0534. The van der Waals surface area contributed by atoms with E-state index in [-0.39, 0.29) is 23.4 Å². The number of benzene rings is 1. The summed E-state index contributed by atoms with van der Waals surface area (Å²) in [5.74, 6) is -0.233. The van der Waals surface area contributed by atoms with Crippen LogP contribution in [0.4, 0.5) is 4.79 Å². The molecule has 34 heavy (non-hydrogen) atoms. The van der Waals surface area contributed by atoms with Crippen LogP contribution in [0.2, 0.25) is 0 Å². The molecule has 0 aliphatic heterocycles. The molecule has 1 aromatic heterocycles. The summed E-state index contributed by atoms with van der Waals surface area (Å²) in [6.45, 7) is 7.27. The van der Waals surface area contributed by atoms with Crippen LogP contribution in [0.1, 0.15) is 68.1 Å². The molecule has 2 rings (SSSR count). The van der Waals surface area contributed by atoms with Crippen molar-refractivity contribution in [1.82, 2.24) is 5.32 Å². The van der Waals surface area contributed by atoms with Crippen molar-refractivity contribution in [3.8, 4) is 11.5 Å². The minimum Gasteiger partial charge on any atom is -0.507 e. The summed E-state index contributed by atoms with van der Waals surface area (Å²) in [6, 6.07) is 8.51. The van der Waals surface area contributed by atoms with E-state index in [9.17, 15) is 19.5 Å². The van der Waals surface area contributed by atoms with E-state index in [4.69, 9.17) is 9.15 Å². The smallest absolute Gasteiger partial charge is 0.410 e. The Hall–Kier alpha value is -3.81. The second kappa shape index (κ2) is 12.4. The van der Waals surface area contributed by atoms with Gasteiger partial charge in [0.15, 0.2) is 5.78 Å². The molecule has 1 amide bonds. The Morgan fingerprint density at radius 1 is 1.18 bits per heavy atom. The number of carbonyl (C=O) groups is 2. The lowest BCUT2D eigenvalue weighted by atomic mass is 9.99. The van der Waals surface area contributed by atoms with Gasteiger partial charge in [-0.3, -0.25) is 10.1 Å². The second-order valence-electron chi connectivity index (χ2n) is 8.11. The van der Waals surface area contributed by atoms with Crippen molar-refractivity contribution in [2.24, 2.45) is 0 Å². The summed E-state index contributed by atoms with van der Waals surface area (Å²) in [5, 5.41) is 12.8. The van der Waals surface area contributed by atoms with Crippen LogP contribution >= 0.6 is 0 Å². The highest BCUT2D eigenvalue weighted by atomic mass is 16.5. The van der Waals surface area contributed by atoms with E-state index >= 15 is 0 Å². The molecule has 0 saturated carbocycles. The molecule has 0 spiro atoms. The van der Waals surface area contributed by atoms with E-state index in [1.165, 1.54) is 19.4 Å². The first-order valence-electron chi connectivity index (χ1n) is 11.0. The molecule has 0 saturated heterocycles. The number of Topliss-reactive ketones (excluding diaryl/α,β-unsaturated/α-hetero) is 1. The molecular formula is C26H31NO7.